The molecule has 2 aliphatic carbocycles. The van der Waals surface area contributed by atoms with Crippen LogP contribution < -0.4 is 0 Å². The molecule has 14 heavy (non-hydrogen) atoms. The van der Waals surface area contributed by atoms with E-state index in [9.17, 15) is 0 Å². The van der Waals surface area contributed by atoms with Gasteiger partial charge in [0.25, 0.3) is 0 Å². The second-order valence-electron chi connectivity index (χ2n) is 5.43. The number of fused-ring (bicyclic) bond motifs is 1. The zero-order chi connectivity index (χ0) is 9.80. The van der Waals surface area contributed by atoms with Gasteiger partial charge in [-0.3, -0.25) is 0 Å². The fourth-order valence-electron chi connectivity index (χ4n) is 3.28. The lowest BCUT2D eigenvalue weighted by molar-refractivity contribution is 0.177. The molecule has 0 aromatic heterocycles. The Morgan fingerprint density at radius 2 is 1.86 bits per heavy atom. The Morgan fingerprint density at radius 1 is 0.929 bits per heavy atom. The lowest BCUT2D eigenvalue weighted by Crippen LogP contribution is -2.23. The summed E-state index contributed by atoms with van der Waals surface area (Å²) in [5.41, 5.74) is 0. The van der Waals surface area contributed by atoms with Gasteiger partial charge in [-0.15, -0.1) is 0 Å². The third kappa shape index (κ3) is 2.62. The standard InChI is InChI=1S/C14H24/c1-12-9-10-13-7-5-3-2-4-6-8-14(13)11-12/h3,5,12-14H,2,4,6-11H2,1H3. The highest BCUT2D eigenvalue weighted by Crippen LogP contribution is 2.39. The first kappa shape index (κ1) is 10.3. The van der Waals surface area contributed by atoms with Crippen LogP contribution >= 0.6 is 0 Å². The average molecular weight is 192 g/mol. The minimum absolute atomic E-state index is 1.00. The summed E-state index contributed by atoms with van der Waals surface area (Å²) in [6.45, 7) is 2.44. The molecule has 0 amide bonds. The van der Waals surface area contributed by atoms with Gasteiger partial charge < -0.3 is 0 Å². The van der Waals surface area contributed by atoms with Crippen LogP contribution in [0.4, 0.5) is 0 Å². The van der Waals surface area contributed by atoms with E-state index in [0.29, 0.717) is 0 Å². The first-order chi connectivity index (χ1) is 6.86. The zero-order valence-corrected chi connectivity index (χ0v) is 9.54. The molecule has 0 nitrogen and oxygen atoms in total. The zero-order valence-electron chi connectivity index (χ0n) is 9.54. The first-order valence-electron chi connectivity index (χ1n) is 6.51. The monoisotopic (exact) mass is 192 g/mol. The third-order valence-electron chi connectivity index (χ3n) is 4.20. The van der Waals surface area contributed by atoms with Crippen molar-refractivity contribution in [3.8, 4) is 0 Å². The molecule has 0 aliphatic heterocycles. The molecular weight excluding hydrogens is 168 g/mol. The fourth-order valence-corrected chi connectivity index (χ4v) is 3.28. The van der Waals surface area contributed by atoms with E-state index >= 15 is 0 Å². The molecule has 0 saturated heterocycles. The molecule has 0 aromatic carbocycles. The molecule has 0 N–H and O–H groups in total. The molecule has 2 rings (SSSR count). The van der Waals surface area contributed by atoms with Gasteiger partial charge in [-0.25, -0.2) is 0 Å². The van der Waals surface area contributed by atoms with Crippen LogP contribution in [0.2, 0.25) is 0 Å². The Balaban J connectivity index is 1.96. The van der Waals surface area contributed by atoms with Gasteiger partial charge in [-0.05, 0) is 49.9 Å². The van der Waals surface area contributed by atoms with Gasteiger partial charge in [0, 0.05) is 0 Å². The van der Waals surface area contributed by atoms with Gasteiger partial charge in [-0.1, -0.05) is 38.3 Å². The Morgan fingerprint density at radius 3 is 2.79 bits per heavy atom. The van der Waals surface area contributed by atoms with Gasteiger partial charge in [0.15, 0.2) is 0 Å². The number of hydrogen-bond donors (Lipinski definition) is 0. The maximum Gasteiger partial charge on any atom is -0.0320 e. The van der Waals surface area contributed by atoms with Gasteiger partial charge >= 0.3 is 0 Å². The molecule has 0 aromatic rings. The average Bonchev–Trinajstić information content (AvgIpc) is 2.29. The molecule has 0 heteroatoms. The molecule has 0 bridgehead atoms. The second-order valence-corrected chi connectivity index (χ2v) is 5.43. The van der Waals surface area contributed by atoms with Crippen molar-refractivity contribution in [3.05, 3.63) is 12.2 Å². The van der Waals surface area contributed by atoms with Crippen molar-refractivity contribution in [2.75, 3.05) is 0 Å². The third-order valence-corrected chi connectivity index (χ3v) is 4.20. The van der Waals surface area contributed by atoms with E-state index < -0.39 is 0 Å². The number of hydrogen-bond acceptors (Lipinski definition) is 0. The maximum atomic E-state index is 2.46. The predicted octanol–water partition coefficient (Wildman–Crippen LogP) is 4.56. The molecule has 80 valence electrons. The Hall–Kier alpha value is -0.260. The van der Waals surface area contributed by atoms with Crippen LogP contribution in [0.25, 0.3) is 0 Å². The number of rotatable bonds is 0. The summed E-state index contributed by atoms with van der Waals surface area (Å²) in [4.78, 5) is 0. The van der Waals surface area contributed by atoms with Crippen molar-refractivity contribution in [1.29, 1.82) is 0 Å². The van der Waals surface area contributed by atoms with Gasteiger partial charge in [0.1, 0.15) is 0 Å². The SMILES string of the molecule is CC1CCC2CC=CCCCCC2C1. The second kappa shape index (κ2) is 5.00. The maximum absolute atomic E-state index is 2.46. The van der Waals surface area contributed by atoms with Crippen LogP contribution in [0.5, 0.6) is 0 Å². The summed E-state index contributed by atoms with van der Waals surface area (Å²) in [7, 11) is 0. The van der Waals surface area contributed by atoms with Crippen LogP contribution in [-0.2, 0) is 0 Å². The minimum Gasteiger partial charge on any atom is -0.0885 e. The molecule has 3 unspecified atom stereocenters. The van der Waals surface area contributed by atoms with E-state index in [1.807, 2.05) is 0 Å². The molecule has 3 atom stereocenters. The molecule has 0 heterocycles. The molecular formula is C14H24. The highest BCUT2D eigenvalue weighted by molar-refractivity contribution is 4.90. The van der Waals surface area contributed by atoms with Crippen LogP contribution in [0.3, 0.4) is 0 Å². The highest BCUT2D eigenvalue weighted by atomic mass is 14.3. The predicted molar refractivity (Wildman–Crippen MR) is 62.2 cm³/mol. The van der Waals surface area contributed by atoms with E-state index in [1.54, 1.807) is 0 Å². The van der Waals surface area contributed by atoms with Crippen molar-refractivity contribution in [3.63, 3.8) is 0 Å². The Labute approximate surface area is 88.8 Å². The van der Waals surface area contributed by atoms with Crippen LogP contribution in [0.1, 0.15) is 58.3 Å². The van der Waals surface area contributed by atoms with Crippen molar-refractivity contribution in [1.82, 2.24) is 0 Å². The lowest BCUT2D eigenvalue weighted by atomic mass is 9.71. The molecule has 0 spiro atoms. The largest absolute Gasteiger partial charge is 0.0885 e. The van der Waals surface area contributed by atoms with Crippen molar-refractivity contribution < 1.29 is 0 Å². The van der Waals surface area contributed by atoms with E-state index in [1.165, 1.54) is 51.4 Å². The van der Waals surface area contributed by atoms with E-state index in [2.05, 4.69) is 19.1 Å². The summed E-state index contributed by atoms with van der Waals surface area (Å²) in [6, 6.07) is 0. The van der Waals surface area contributed by atoms with E-state index in [4.69, 9.17) is 0 Å². The summed E-state index contributed by atoms with van der Waals surface area (Å²) in [5.74, 6) is 3.09. The van der Waals surface area contributed by atoms with Gasteiger partial charge in [-0.2, -0.15) is 0 Å². The van der Waals surface area contributed by atoms with Crippen molar-refractivity contribution in [2.45, 2.75) is 58.3 Å². The number of allylic oxidation sites excluding steroid dienone is 2. The fraction of sp³-hybridized carbons (Fsp3) is 0.857. The summed E-state index contributed by atoms with van der Waals surface area (Å²) in [5, 5.41) is 0. The van der Waals surface area contributed by atoms with Gasteiger partial charge in [0.2, 0.25) is 0 Å². The quantitative estimate of drug-likeness (QED) is 0.494. The minimum atomic E-state index is 1.00. The molecule has 0 radical (unpaired) electrons. The Bertz CT molecular complexity index is 192. The van der Waals surface area contributed by atoms with Crippen molar-refractivity contribution in [2.24, 2.45) is 17.8 Å². The lowest BCUT2D eigenvalue weighted by Gasteiger charge is -2.34. The van der Waals surface area contributed by atoms with Crippen LogP contribution in [0.15, 0.2) is 12.2 Å². The van der Waals surface area contributed by atoms with E-state index in [-0.39, 0.29) is 0 Å². The normalized spacial score (nSPS) is 39.4. The highest BCUT2D eigenvalue weighted by Gasteiger charge is 2.27. The Kier molecular flexibility index (Phi) is 3.67. The summed E-state index contributed by atoms with van der Waals surface area (Å²) < 4.78 is 0. The van der Waals surface area contributed by atoms with Crippen LogP contribution in [0, 0.1) is 17.8 Å². The summed E-state index contributed by atoms with van der Waals surface area (Å²) >= 11 is 0. The molecule has 1 fully saturated rings. The van der Waals surface area contributed by atoms with Crippen LogP contribution in [-0.4, -0.2) is 0 Å². The molecule has 1 saturated carbocycles. The van der Waals surface area contributed by atoms with E-state index in [0.717, 1.165) is 17.8 Å². The van der Waals surface area contributed by atoms with Crippen molar-refractivity contribution >= 4 is 0 Å². The smallest absolute Gasteiger partial charge is 0.0320 e. The topological polar surface area (TPSA) is 0 Å². The first-order valence-corrected chi connectivity index (χ1v) is 6.51. The summed E-state index contributed by atoms with van der Waals surface area (Å²) in [6.07, 6.45) is 16.5. The molecule has 2 aliphatic rings. The van der Waals surface area contributed by atoms with Gasteiger partial charge in [0.05, 0.1) is 0 Å².